The lowest BCUT2D eigenvalue weighted by Gasteiger charge is -2.27. The Morgan fingerprint density at radius 3 is 1.91 bits per heavy atom. The summed E-state index contributed by atoms with van der Waals surface area (Å²) in [6.07, 6.45) is 1.31. The second-order valence-corrected chi connectivity index (χ2v) is 8.56. The first-order valence-electron chi connectivity index (χ1n) is 11.2. The van der Waals surface area contributed by atoms with Gasteiger partial charge in [-0.15, -0.1) is 0 Å². The third-order valence-electron chi connectivity index (χ3n) is 5.41. The van der Waals surface area contributed by atoms with Gasteiger partial charge in [0.1, 0.15) is 18.1 Å². The van der Waals surface area contributed by atoms with Crippen LogP contribution in [0.25, 0.3) is 0 Å². The highest BCUT2D eigenvalue weighted by molar-refractivity contribution is 5.96. The van der Waals surface area contributed by atoms with Crippen molar-refractivity contribution in [2.45, 2.75) is 84.0 Å². The van der Waals surface area contributed by atoms with E-state index in [1.807, 2.05) is 13.8 Å². The number of carbonyl (C=O) groups excluding carboxylic acids is 4. The van der Waals surface area contributed by atoms with E-state index >= 15 is 0 Å². The molecule has 0 fully saturated rings. The fourth-order valence-electron chi connectivity index (χ4n) is 2.99. The monoisotopic (exact) mass is 472 g/mol. The van der Waals surface area contributed by atoms with Crippen LogP contribution in [0.4, 0.5) is 0 Å². The Labute approximate surface area is 194 Å². The first-order valence-corrected chi connectivity index (χ1v) is 11.2. The number of nitrogens with one attached hydrogen (secondary N) is 3. The Balaban J connectivity index is 5.43. The number of hydrogen-bond donors (Lipinski definition) is 7. The molecule has 12 nitrogen and oxygen atoms in total. The molecule has 0 spiro atoms. The van der Waals surface area contributed by atoms with Gasteiger partial charge in [-0.05, 0) is 37.6 Å². The molecule has 0 aromatic carbocycles. The standard InChI is InChI=1S/C21H40N6O6/c1-5-12(4)16(24)19(30)27-17(11(2)3)20(31)26-14(10-15(23)28)18(29)25-13(21(32)33)8-6-7-9-22/h11-14,16-17H,5-10,22,24H2,1-4H3,(H2,23,28)(H,25,29)(H,26,31)(H,27,30)(H,32,33). The third-order valence-corrected chi connectivity index (χ3v) is 5.41. The van der Waals surface area contributed by atoms with Gasteiger partial charge in [-0.3, -0.25) is 19.2 Å². The van der Waals surface area contributed by atoms with Gasteiger partial charge in [0.25, 0.3) is 0 Å². The van der Waals surface area contributed by atoms with Gasteiger partial charge < -0.3 is 38.3 Å². The molecule has 33 heavy (non-hydrogen) atoms. The van der Waals surface area contributed by atoms with E-state index in [0.29, 0.717) is 25.8 Å². The number of carbonyl (C=O) groups is 5. The van der Waals surface area contributed by atoms with E-state index in [1.54, 1.807) is 13.8 Å². The molecule has 5 atom stereocenters. The van der Waals surface area contributed by atoms with Crippen molar-refractivity contribution in [2.75, 3.05) is 6.54 Å². The molecule has 5 unspecified atom stereocenters. The van der Waals surface area contributed by atoms with Gasteiger partial charge >= 0.3 is 5.97 Å². The normalized spacial score (nSPS) is 15.6. The second kappa shape index (κ2) is 15.2. The van der Waals surface area contributed by atoms with Gasteiger partial charge in [-0.25, -0.2) is 4.79 Å². The Morgan fingerprint density at radius 1 is 0.879 bits per heavy atom. The zero-order chi connectivity index (χ0) is 25.7. The molecule has 10 N–H and O–H groups in total. The lowest BCUT2D eigenvalue weighted by atomic mass is 9.97. The van der Waals surface area contributed by atoms with Crippen molar-refractivity contribution < 1.29 is 29.1 Å². The first-order chi connectivity index (χ1) is 15.3. The van der Waals surface area contributed by atoms with Crippen LogP contribution >= 0.6 is 0 Å². The van der Waals surface area contributed by atoms with E-state index in [0.717, 1.165) is 0 Å². The van der Waals surface area contributed by atoms with Crippen LogP contribution in [0.15, 0.2) is 0 Å². The molecular weight excluding hydrogens is 432 g/mol. The molecule has 0 saturated carbocycles. The van der Waals surface area contributed by atoms with Crippen LogP contribution < -0.4 is 33.2 Å². The van der Waals surface area contributed by atoms with E-state index in [9.17, 15) is 29.1 Å². The zero-order valence-corrected chi connectivity index (χ0v) is 19.9. The van der Waals surface area contributed by atoms with E-state index < -0.39 is 60.2 Å². The van der Waals surface area contributed by atoms with Crippen LogP contribution in [0.2, 0.25) is 0 Å². The number of amides is 4. The third kappa shape index (κ3) is 11.1. The van der Waals surface area contributed by atoms with Crippen LogP contribution in [-0.2, 0) is 24.0 Å². The molecule has 190 valence electrons. The largest absolute Gasteiger partial charge is 0.480 e. The number of primary amides is 1. The number of rotatable bonds is 16. The van der Waals surface area contributed by atoms with Crippen molar-refractivity contribution in [3.05, 3.63) is 0 Å². The minimum absolute atomic E-state index is 0.110. The maximum absolute atomic E-state index is 12.9. The molecule has 0 aromatic rings. The van der Waals surface area contributed by atoms with E-state index in [2.05, 4.69) is 16.0 Å². The van der Waals surface area contributed by atoms with Gasteiger partial charge in [-0.2, -0.15) is 0 Å². The highest BCUT2D eigenvalue weighted by Crippen LogP contribution is 2.09. The van der Waals surface area contributed by atoms with Gasteiger partial charge in [0.05, 0.1) is 12.5 Å². The quantitative estimate of drug-likeness (QED) is 0.131. The van der Waals surface area contributed by atoms with Gasteiger partial charge in [0.15, 0.2) is 0 Å². The van der Waals surface area contributed by atoms with Crippen LogP contribution in [0, 0.1) is 11.8 Å². The molecular formula is C21H40N6O6. The summed E-state index contributed by atoms with van der Waals surface area (Å²) in [6.45, 7) is 7.47. The maximum atomic E-state index is 12.9. The van der Waals surface area contributed by atoms with Gasteiger partial charge in [0.2, 0.25) is 23.6 Å². The molecule has 0 aliphatic rings. The Kier molecular flexibility index (Phi) is 13.9. The number of unbranched alkanes of at least 4 members (excludes halogenated alkanes) is 1. The molecule has 0 radical (unpaired) electrons. The zero-order valence-electron chi connectivity index (χ0n) is 19.9. The highest BCUT2D eigenvalue weighted by Gasteiger charge is 2.32. The molecule has 0 aliphatic heterocycles. The summed E-state index contributed by atoms with van der Waals surface area (Å²) < 4.78 is 0. The lowest BCUT2D eigenvalue weighted by molar-refractivity contribution is -0.142. The van der Waals surface area contributed by atoms with Crippen LogP contribution in [0.5, 0.6) is 0 Å². The van der Waals surface area contributed by atoms with Crippen LogP contribution in [-0.4, -0.2) is 65.4 Å². The van der Waals surface area contributed by atoms with E-state index in [4.69, 9.17) is 17.2 Å². The summed E-state index contributed by atoms with van der Waals surface area (Å²) >= 11 is 0. The fourth-order valence-corrected chi connectivity index (χ4v) is 2.99. The average molecular weight is 473 g/mol. The van der Waals surface area contributed by atoms with Crippen LogP contribution in [0.3, 0.4) is 0 Å². The fraction of sp³-hybridized carbons (Fsp3) is 0.762. The van der Waals surface area contributed by atoms with E-state index in [1.165, 1.54) is 0 Å². The Bertz CT molecular complexity index is 686. The summed E-state index contributed by atoms with van der Waals surface area (Å²) in [5.41, 5.74) is 16.6. The smallest absolute Gasteiger partial charge is 0.326 e. The Morgan fingerprint density at radius 2 is 1.45 bits per heavy atom. The molecule has 0 saturated heterocycles. The maximum Gasteiger partial charge on any atom is 0.326 e. The topological polar surface area (TPSA) is 220 Å². The number of aliphatic carboxylic acids is 1. The van der Waals surface area contributed by atoms with Crippen molar-refractivity contribution in [2.24, 2.45) is 29.0 Å². The molecule has 0 aromatic heterocycles. The first kappa shape index (κ1) is 30.3. The predicted octanol–water partition coefficient (Wildman–Crippen LogP) is -1.44. The molecule has 0 bridgehead atoms. The Hall–Kier alpha value is -2.73. The van der Waals surface area contributed by atoms with Crippen molar-refractivity contribution >= 4 is 29.6 Å². The SMILES string of the molecule is CCC(C)C(N)C(=O)NC(C(=O)NC(CC(N)=O)C(=O)NC(CCCCN)C(=O)O)C(C)C. The molecule has 12 heteroatoms. The number of nitrogens with two attached hydrogens (primary N) is 3. The summed E-state index contributed by atoms with van der Waals surface area (Å²) in [5, 5.41) is 16.7. The predicted molar refractivity (Wildman–Crippen MR) is 122 cm³/mol. The van der Waals surface area contributed by atoms with Crippen molar-refractivity contribution in [1.29, 1.82) is 0 Å². The highest BCUT2D eigenvalue weighted by atomic mass is 16.4. The van der Waals surface area contributed by atoms with Crippen molar-refractivity contribution in [3.63, 3.8) is 0 Å². The summed E-state index contributed by atoms with van der Waals surface area (Å²) in [7, 11) is 0. The lowest BCUT2D eigenvalue weighted by Crippen LogP contribution is -2.59. The number of carboxylic acid groups (broad SMARTS) is 1. The van der Waals surface area contributed by atoms with E-state index in [-0.39, 0.29) is 18.3 Å². The minimum Gasteiger partial charge on any atom is -0.480 e. The molecule has 4 amide bonds. The van der Waals surface area contributed by atoms with Crippen molar-refractivity contribution in [1.82, 2.24) is 16.0 Å². The summed E-state index contributed by atoms with van der Waals surface area (Å²) in [5.74, 6) is -4.69. The van der Waals surface area contributed by atoms with Gasteiger partial charge in [0, 0.05) is 0 Å². The van der Waals surface area contributed by atoms with Crippen LogP contribution in [0.1, 0.15) is 59.8 Å². The molecule has 0 rings (SSSR count). The second-order valence-electron chi connectivity index (χ2n) is 8.56. The summed E-state index contributed by atoms with van der Waals surface area (Å²) in [4.78, 5) is 61.0. The molecule has 0 aliphatic carbocycles. The summed E-state index contributed by atoms with van der Waals surface area (Å²) in [6, 6.07) is -4.48. The van der Waals surface area contributed by atoms with Gasteiger partial charge in [-0.1, -0.05) is 34.1 Å². The average Bonchev–Trinajstić information content (AvgIpc) is 2.73. The molecule has 0 heterocycles. The number of carboxylic acids is 1. The number of hydrogen-bond acceptors (Lipinski definition) is 7. The van der Waals surface area contributed by atoms with Crippen molar-refractivity contribution in [3.8, 4) is 0 Å². The minimum atomic E-state index is -1.41.